The molecule has 36 heavy (non-hydrogen) atoms. The van der Waals surface area contributed by atoms with E-state index in [4.69, 9.17) is 0 Å². The smallest absolute Gasteiger partial charge is 0.295 e. The number of ketones is 1. The maximum absolute atomic E-state index is 13.6. The van der Waals surface area contributed by atoms with Crippen LogP contribution >= 0.6 is 0 Å². The number of carbonyl (C=O) groups excluding carboxylic acids is 1. The van der Waals surface area contributed by atoms with Crippen molar-refractivity contribution in [2.45, 2.75) is 46.2 Å². The molecule has 4 aromatic rings. The van der Waals surface area contributed by atoms with E-state index in [2.05, 4.69) is 4.90 Å². The van der Waals surface area contributed by atoms with E-state index in [1.54, 1.807) is 16.8 Å². The Morgan fingerprint density at radius 2 is 1.67 bits per heavy atom. The quantitative estimate of drug-likeness (QED) is 0.334. The van der Waals surface area contributed by atoms with Crippen LogP contribution in [0.2, 0.25) is 0 Å². The van der Waals surface area contributed by atoms with Gasteiger partial charge in [-0.05, 0) is 69.5 Å². The third kappa shape index (κ3) is 4.35. The summed E-state index contributed by atoms with van der Waals surface area (Å²) in [6.45, 7) is 6.65. The number of halogens is 1. The van der Waals surface area contributed by atoms with Gasteiger partial charge in [-0.3, -0.25) is 19.2 Å². The van der Waals surface area contributed by atoms with Gasteiger partial charge in [0.05, 0.1) is 17.9 Å². The lowest BCUT2D eigenvalue weighted by atomic mass is 10.1. The molecule has 5 rings (SSSR count). The minimum atomic E-state index is -0.261. The van der Waals surface area contributed by atoms with Gasteiger partial charge in [0, 0.05) is 36.6 Å². The Balaban J connectivity index is 1.47. The second kappa shape index (κ2) is 9.39. The first kappa shape index (κ1) is 24.0. The molecule has 7 heteroatoms. The molecule has 0 spiro atoms. The van der Waals surface area contributed by atoms with Gasteiger partial charge in [-0.1, -0.05) is 30.3 Å². The predicted molar refractivity (Wildman–Crippen MR) is 139 cm³/mol. The standard InChI is InChI=1S/C29H31FN4O2/c1-19-16-26(27(35)18-32(24-14-15-24)17-22-10-12-23(30)13-11-22)20(2)33(19)28-21(3)31(4)34(29(28)36)25-8-6-5-7-9-25/h5-13,16,24H,14-15,17-18H2,1-4H3. The van der Waals surface area contributed by atoms with Crippen molar-refractivity contribution in [1.29, 1.82) is 0 Å². The summed E-state index contributed by atoms with van der Waals surface area (Å²) >= 11 is 0. The normalized spacial score (nSPS) is 13.5. The summed E-state index contributed by atoms with van der Waals surface area (Å²) in [6, 6.07) is 18.3. The van der Waals surface area contributed by atoms with Gasteiger partial charge in [-0.25, -0.2) is 9.07 Å². The fourth-order valence-electron chi connectivity index (χ4n) is 5.05. The average molecular weight is 487 g/mol. The lowest BCUT2D eigenvalue weighted by Gasteiger charge is -2.21. The summed E-state index contributed by atoms with van der Waals surface area (Å²) in [7, 11) is 1.87. The highest BCUT2D eigenvalue weighted by molar-refractivity contribution is 5.99. The van der Waals surface area contributed by atoms with Crippen LogP contribution in [0.4, 0.5) is 4.39 Å². The third-order valence-corrected chi connectivity index (χ3v) is 7.19. The molecule has 1 fully saturated rings. The number of Topliss-reactive ketones (excluding diaryl/α,β-unsaturated/α-hetero) is 1. The van der Waals surface area contributed by atoms with Crippen LogP contribution in [0.5, 0.6) is 0 Å². The van der Waals surface area contributed by atoms with Crippen molar-refractivity contribution in [3.05, 3.63) is 105 Å². The van der Waals surface area contributed by atoms with Gasteiger partial charge in [0.25, 0.3) is 5.56 Å². The van der Waals surface area contributed by atoms with E-state index in [0.717, 1.165) is 41.2 Å². The van der Waals surface area contributed by atoms with Crippen LogP contribution < -0.4 is 5.56 Å². The number of rotatable bonds is 8. The van der Waals surface area contributed by atoms with Crippen LogP contribution in [0, 0.1) is 26.6 Å². The lowest BCUT2D eigenvalue weighted by molar-refractivity contribution is 0.0918. The summed E-state index contributed by atoms with van der Waals surface area (Å²) < 4.78 is 18.8. The Morgan fingerprint density at radius 3 is 2.31 bits per heavy atom. The van der Waals surface area contributed by atoms with Gasteiger partial charge >= 0.3 is 0 Å². The first-order valence-corrected chi connectivity index (χ1v) is 12.3. The zero-order valence-electron chi connectivity index (χ0n) is 21.2. The van der Waals surface area contributed by atoms with E-state index in [1.807, 2.05) is 73.5 Å². The number of carbonyl (C=O) groups is 1. The molecule has 0 aliphatic heterocycles. The molecule has 0 radical (unpaired) electrons. The minimum absolute atomic E-state index is 0.0281. The molecule has 0 saturated heterocycles. The van der Waals surface area contributed by atoms with E-state index < -0.39 is 0 Å². The van der Waals surface area contributed by atoms with Gasteiger partial charge in [0.2, 0.25) is 0 Å². The molecule has 1 aliphatic rings. The number of nitrogens with zero attached hydrogens (tertiary/aromatic N) is 4. The molecule has 6 nitrogen and oxygen atoms in total. The second-order valence-corrected chi connectivity index (χ2v) is 9.72. The zero-order valence-corrected chi connectivity index (χ0v) is 21.2. The van der Waals surface area contributed by atoms with Gasteiger partial charge in [0.1, 0.15) is 11.5 Å². The van der Waals surface area contributed by atoms with E-state index in [0.29, 0.717) is 23.8 Å². The molecule has 0 unspecified atom stereocenters. The molecule has 1 aliphatic carbocycles. The highest BCUT2D eigenvalue weighted by atomic mass is 19.1. The highest BCUT2D eigenvalue weighted by Gasteiger charge is 2.32. The average Bonchev–Trinajstić information content (AvgIpc) is 3.64. The number of hydrogen-bond donors (Lipinski definition) is 0. The maximum atomic E-state index is 13.6. The molecule has 2 aromatic heterocycles. The fourth-order valence-corrected chi connectivity index (χ4v) is 5.05. The summed E-state index contributed by atoms with van der Waals surface area (Å²) in [5.41, 5.74) is 5.27. The Labute approximate surface area is 210 Å². The molecule has 0 amide bonds. The molecule has 0 atom stereocenters. The van der Waals surface area contributed by atoms with Crippen molar-refractivity contribution in [2.24, 2.45) is 7.05 Å². The van der Waals surface area contributed by atoms with Crippen molar-refractivity contribution in [3.63, 3.8) is 0 Å². The van der Waals surface area contributed by atoms with E-state index >= 15 is 0 Å². The van der Waals surface area contributed by atoms with Crippen LogP contribution in [0.3, 0.4) is 0 Å². The SMILES string of the molecule is Cc1cc(C(=O)CN(Cc2ccc(F)cc2)C2CC2)c(C)n1-c1c(C)n(C)n(-c2ccccc2)c1=O. The zero-order chi connectivity index (χ0) is 25.6. The summed E-state index contributed by atoms with van der Waals surface area (Å²) in [6.07, 6.45) is 2.13. The highest BCUT2D eigenvalue weighted by Crippen LogP contribution is 2.29. The van der Waals surface area contributed by atoms with Gasteiger partial charge in [0.15, 0.2) is 5.78 Å². The third-order valence-electron chi connectivity index (χ3n) is 7.19. The van der Waals surface area contributed by atoms with E-state index in [-0.39, 0.29) is 23.7 Å². The minimum Gasteiger partial charge on any atom is -0.311 e. The molecule has 2 aromatic carbocycles. The van der Waals surface area contributed by atoms with Gasteiger partial charge < -0.3 is 4.57 Å². The summed E-state index contributed by atoms with van der Waals surface area (Å²) in [4.78, 5) is 29.3. The van der Waals surface area contributed by atoms with Crippen molar-refractivity contribution in [1.82, 2.24) is 18.8 Å². The van der Waals surface area contributed by atoms with Crippen molar-refractivity contribution >= 4 is 5.78 Å². The number of aryl methyl sites for hydroxylation is 1. The van der Waals surface area contributed by atoms with Crippen molar-refractivity contribution in [2.75, 3.05) is 6.54 Å². The Hall–Kier alpha value is -3.71. The predicted octanol–water partition coefficient (Wildman–Crippen LogP) is 4.88. The van der Waals surface area contributed by atoms with Crippen LogP contribution in [0.25, 0.3) is 11.4 Å². The Bertz CT molecular complexity index is 1470. The molecule has 2 heterocycles. The van der Waals surface area contributed by atoms with E-state index in [1.165, 1.54) is 12.1 Å². The number of aromatic nitrogens is 3. The Kier molecular flexibility index (Phi) is 6.26. The molecular weight excluding hydrogens is 455 g/mol. The second-order valence-electron chi connectivity index (χ2n) is 9.72. The van der Waals surface area contributed by atoms with Crippen LogP contribution in [-0.2, 0) is 13.6 Å². The van der Waals surface area contributed by atoms with Crippen molar-refractivity contribution in [3.8, 4) is 11.4 Å². The monoisotopic (exact) mass is 486 g/mol. The van der Waals surface area contributed by atoms with Crippen LogP contribution in [0.1, 0.15) is 45.8 Å². The summed E-state index contributed by atoms with van der Waals surface area (Å²) in [5, 5.41) is 0. The Morgan fingerprint density at radius 1 is 1.00 bits per heavy atom. The fraction of sp³-hybridized carbons (Fsp3) is 0.310. The largest absolute Gasteiger partial charge is 0.311 e. The molecule has 186 valence electrons. The van der Waals surface area contributed by atoms with Crippen molar-refractivity contribution < 1.29 is 9.18 Å². The summed E-state index contributed by atoms with van der Waals surface area (Å²) in [5.74, 6) is -0.233. The topological polar surface area (TPSA) is 52.2 Å². The number of hydrogen-bond acceptors (Lipinski definition) is 3. The van der Waals surface area contributed by atoms with Crippen LogP contribution in [-0.4, -0.2) is 37.2 Å². The number of benzene rings is 2. The first-order chi connectivity index (χ1) is 17.3. The molecule has 0 N–H and O–H groups in total. The maximum Gasteiger partial charge on any atom is 0.295 e. The van der Waals surface area contributed by atoms with Gasteiger partial charge in [-0.15, -0.1) is 0 Å². The van der Waals surface area contributed by atoms with E-state index in [9.17, 15) is 14.0 Å². The lowest BCUT2D eigenvalue weighted by Crippen LogP contribution is -2.31. The van der Waals surface area contributed by atoms with Gasteiger partial charge in [-0.2, -0.15) is 0 Å². The van der Waals surface area contributed by atoms with Crippen LogP contribution in [0.15, 0.2) is 65.5 Å². The molecule has 1 saturated carbocycles. The molecule has 0 bridgehead atoms. The molecular formula is C29H31FN4O2. The number of para-hydroxylation sites is 1. The first-order valence-electron chi connectivity index (χ1n) is 12.3.